The summed E-state index contributed by atoms with van der Waals surface area (Å²) in [7, 11) is 0. The van der Waals surface area contributed by atoms with E-state index in [0.717, 1.165) is 68.5 Å². The molecule has 0 saturated carbocycles. The molecule has 164 valence electrons. The molecule has 1 aliphatic rings. The van der Waals surface area contributed by atoms with E-state index < -0.39 is 0 Å². The number of carbonyl (C=O) groups excluding carboxylic acids is 1. The average molecular weight is 497 g/mol. The molecule has 2 aromatic rings. The molecule has 1 amide bonds. The summed E-state index contributed by atoms with van der Waals surface area (Å²) in [6.07, 6.45) is 3.97. The van der Waals surface area contributed by atoms with Crippen molar-refractivity contribution in [3.05, 3.63) is 37.8 Å². The van der Waals surface area contributed by atoms with Gasteiger partial charge in [-0.1, -0.05) is 22.4 Å². The maximum Gasteiger partial charge on any atom is 0.262 e. The first-order valence-corrected chi connectivity index (χ1v) is 11.7. The number of hydrogen-bond donors (Lipinski definition) is 2. The van der Waals surface area contributed by atoms with Crippen molar-refractivity contribution in [1.82, 2.24) is 19.8 Å². The van der Waals surface area contributed by atoms with E-state index in [0.29, 0.717) is 29.7 Å². The highest BCUT2D eigenvalue weighted by Gasteiger charge is 2.10. The lowest BCUT2D eigenvalue weighted by Crippen LogP contribution is -2.38. The molecule has 2 heterocycles. The maximum atomic E-state index is 12.7. The number of benzene rings is 1. The number of aromatic nitrogens is 2. The van der Waals surface area contributed by atoms with E-state index in [9.17, 15) is 9.59 Å². The van der Waals surface area contributed by atoms with E-state index in [-0.39, 0.29) is 11.5 Å². The lowest BCUT2D eigenvalue weighted by molar-refractivity contribution is -0.121. The minimum Gasteiger partial charge on any atom is -0.379 e. The Morgan fingerprint density at radius 1 is 1.17 bits per heavy atom. The molecule has 1 aliphatic heterocycles. The van der Waals surface area contributed by atoms with Gasteiger partial charge in [-0.2, -0.15) is 0 Å². The van der Waals surface area contributed by atoms with Crippen LogP contribution in [0.4, 0.5) is 0 Å². The number of ether oxygens (including phenoxy) is 1. The van der Waals surface area contributed by atoms with E-state index in [4.69, 9.17) is 17.0 Å². The summed E-state index contributed by atoms with van der Waals surface area (Å²) in [4.78, 5) is 30.2. The van der Waals surface area contributed by atoms with Crippen LogP contribution >= 0.6 is 28.1 Å². The normalized spacial score (nSPS) is 14.8. The van der Waals surface area contributed by atoms with Gasteiger partial charge in [0.15, 0.2) is 4.77 Å². The largest absolute Gasteiger partial charge is 0.379 e. The first-order valence-electron chi connectivity index (χ1n) is 10.5. The van der Waals surface area contributed by atoms with E-state index in [1.807, 2.05) is 18.2 Å². The third-order valence-electron chi connectivity index (χ3n) is 5.31. The van der Waals surface area contributed by atoms with Gasteiger partial charge in [0.05, 0.1) is 24.1 Å². The number of nitrogens with zero attached hydrogens (tertiary/aromatic N) is 2. The minimum atomic E-state index is -0.0759. The summed E-state index contributed by atoms with van der Waals surface area (Å²) in [5, 5.41) is 3.62. The molecular weight excluding hydrogens is 468 g/mol. The molecule has 0 radical (unpaired) electrons. The number of unbranched alkanes of at least 4 members (excludes halogenated alkanes) is 2. The van der Waals surface area contributed by atoms with Crippen molar-refractivity contribution in [2.75, 3.05) is 39.4 Å². The van der Waals surface area contributed by atoms with Gasteiger partial charge in [0.1, 0.15) is 0 Å². The predicted molar refractivity (Wildman–Crippen MR) is 124 cm³/mol. The predicted octanol–water partition coefficient (Wildman–Crippen LogP) is 3.22. The van der Waals surface area contributed by atoms with Gasteiger partial charge in [0, 0.05) is 37.1 Å². The molecule has 1 saturated heterocycles. The van der Waals surface area contributed by atoms with Crippen LogP contribution in [0.25, 0.3) is 10.9 Å². The molecule has 0 aliphatic carbocycles. The zero-order valence-electron chi connectivity index (χ0n) is 17.1. The Morgan fingerprint density at radius 2 is 1.97 bits per heavy atom. The zero-order valence-corrected chi connectivity index (χ0v) is 19.5. The van der Waals surface area contributed by atoms with Crippen LogP contribution in [-0.4, -0.2) is 59.8 Å². The van der Waals surface area contributed by atoms with Crippen LogP contribution in [0.2, 0.25) is 0 Å². The van der Waals surface area contributed by atoms with Gasteiger partial charge in [-0.15, -0.1) is 0 Å². The number of halogens is 1. The van der Waals surface area contributed by atoms with Gasteiger partial charge in [0.2, 0.25) is 5.91 Å². The summed E-state index contributed by atoms with van der Waals surface area (Å²) in [6.45, 7) is 5.84. The lowest BCUT2D eigenvalue weighted by atomic mass is 10.2. The SMILES string of the molecule is O=C(CCCCCn1c(=S)[nH]c2ccc(Br)cc2c1=O)NCCCN1CCOCC1. The molecule has 7 nitrogen and oxygen atoms in total. The van der Waals surface area contributed by atoms with Crippen molar-refractivity contribution < 1.29 is 9.53 Å². The van der Waals surface area contributed by atoms with Crippen molar-refractivity contribution in [2.24, 2.45) is 0 Å². The highest BCUT2D eigenvalue weighted by molar-refractivity contribution is 9.10. The zero-order chi connectivity index (χ0) is 21.3. The number of H-pyrrole nitrogens is 1. The third kappa shape index (κ3) is 6.73. The maximum absolute atomic E-state index is 12.7. The van der Waals surface area contributed by atoms with Gasteiger partial charge >= 0.3 is 0 Å². The number of nitrogens with one attached hydrogen (secondary N) is 2. The van der Waals surface area contributed by atoms with Crippen molar-refractivity contribution in [1.29, 1.82) is 0 Å². The van der Waals surface area contributed by atoms with Crippen LogP contribution in [-0.2, 0) is 16.1 Å². The van der Waals surface area contributed by atoms with Gasteiger partial charge in [0.25, 0.3) is 5.56 Å². The fourth-order valence-electron chi connectivity index (χ4n) is 3.60. The van der Waals surface area contributed by atoms with E-state index in [2.05, 4.69) is 31.1 Å². The summed E-state index contributed by atoms with van der Waals surface area (Å²) >= 11 is 8.75. The van der Waals surface area contributed by atoms with Crippen LogP contribution in [0.3, 0.4) is 0 Å². The van der Waals surface area contributed by atoms with Crippen LogP contribution in [0, 0.1) is 4.77 Å². The first-order chi connectivity index (χ1) is 14.5. The molecule has 0 unspecified atom stereocenters. The Bertz CT molecular complexity index is 969. The van der Waals surface area contributed by atoms with Crippen molar-refractivity contribution in [3.63, 3.8) is 0 Å². The highest BCUT2D eigenvalue weighted by atomic mass is 79.9. The minimum absolute atomic E-state index is 0.0759. The van der Waals surface area contributed by atoms with Crippen LogP contribution in [0.5, 0.6) is 0 Å². The summed E-state index contributed by atoms with van der Waals surface area (Å²) in [5.41, 5.74) is 0.669. The number of rotatable bonds is 10. The third-order valence-corrected chi connectivity index (χ3v) is 6.12. The second-order valence-corrected chi connectivity index (χ2v) is 8.85. The van der Waals surface area contributed by atoms with Gasteiger partial charge < -0.3 is 15.0 Å². The molecule has 0 spiro atoms. The smallest absolute Gasteiger partial charge is 0.262 e. The fourth-order valence-corrected chi connectivity index (χ4v) is 4.25. The van der Waals surface area contributed by atoms with Gasteiger partial charge in [-0.25, -0.2) is 0 Å². The summed E-state index contributed by atoms with van der Waals surface area (Å²) < 4.78 is 8.24. The quantitative estimate of drug-likeness (QED) is 0.389. The Labute approximate surface area is 189 Å². The first kappa shape index (κ1) is 23.1. The van der Waals surface area contributed by atoms with Crippen molar-refractivity contribution in [2.45, 2.75) is 38.6 Å². The molecule has 30 heavy (non-hydrogen) atoms. The lowest BCUT2D eigenvalue weighted by Gasteiger charge is -2.26. The Kier molecular flexibility index (Phi) is 9.05. The fraction of sp³-hybridized carbons (Fsp3) is 0.571. The highest BCUT2D eigenvalue weighted by Crippen LogP contribution is 2.15. The average Bonchev–Trinajstić information content (AvgIpc) is 2.74. The number of hydrogen-bond acceptors (Lipinski definition) is 5. The molecule has 1 aromatic carbocycles. The molecule has 1 fully saturated rings. The van der Waals surface area contributed by atoms with E-state index in [1.54, 1.807) is 4.57 Å². The number of fused-ring (bicyclic) bond motifs is 1. The topological polar surface area (TPSA) is 79.4 Å². The van der Waals surface area contributed by atoms with E-state index in [1.165, 1.54) is 0 Å². The molecule has 3 rings (SSSR count). The summed E-state index contributed by atoms with van der Waals surface area (Å²) in [6, 6.07) is 5.54. The second-order valence-electron chi connectivity index (χ2n) is 7.55. The molecular formula is C21H29BrN4O3S. The molecule has 0 atom stereocenters. The van der Waals surface area contributed by atoms with E-state index >= 15 is 0 Å². The second kappa shape index (κ2) is 11.7. The van der Waals surface area contributed by atoms with Crippen molar-refractivity contribution >= 4 is 45.0 Å². The van der Waals surface area contributed by atoms with Crippen molar-refractivity contribution in [3.8, 4) is 0 Å². The van der Waals surface area contributed by atoms with Crippen LogP contribution in [0.15, 0.2) is 27.5 Å². The standard InChI is InChI=1S/C21H29BrN4O3S/c22-16-6-7-18-17(15-16)20(28)26(21(30)24-18)10-3-1-2-5-19(27)23-8-4-9-25-11-13-29-14-12-25/h6-7,15H,1-5,8-14H2,(H,23,27)(H,24,30). The Hall–Kier alpha value is -1.55. The number of morpholine rings is 1. The van der Waals surface area contributed by atoms with Crippen LogP contribution in [0.1, 0.15) is 32.1 Å². The Morgan fingerprint density at radius 3 is 2.77 bits per heavy atom. The number of carbonyl (C=O) groups is 1. The molecule has 9 heteroatoms. The molecule has 1 aromatic heterocycles. The van der Waals surface area contributed by atoms with Crippen LogP contribution < -0.4 is 10.9 Å². The molecule has 0 bridgehead atoms. The number of amides is 1. The van der Waals surface area contributed by atoms with Gasteiger partial charge in [-0.05, 0) is 56.2 Å². The number of aromatic amines is 1. The Balaban J connectivity index is 1.34. The van der Waals surface area contributed by atoms with Gasteiger partial charge in [-0.3, -0.25) is 19.1 Å². The monoisotopic (exact) mass is 496 g/mol. The molecule has 2 N–H and O–H groups in total. The summed E-state index contributed by atoms with van der Waals surface area (Å²) in [5.74, 6) is 0.0991.